The van der Waals surface area contributed by atoms with Crippen LogP contribution in [-0.4, -0.2) is 42.9 Å². The number of alkyl carbamates (subject to hydrolysis) is 1. The van der Waals surface area contributed by atoms with E-state index in [1.54, 1.807) is 0 Å². The molecule has 1 saturated heterocycles. The first-order chi connectivity index (χ1) is 6.13. The molecule has 13 heavy (non-hydrogen) atoms. The molecule has 6 nitrogen and oxygen atoms in total. The molecule has 0 saturated carbocycles. The van der Waals surface area contributed by atoms with E-state index in [0.717, 1.165) is 0 Å². The third kappa shape index (κ3) is 2.59. The molecular weight excluding hydrogens is 176 g/mol. The summed E-state index contributed by atoms with van der Waals surface area (Å²) in [7, 11) is 1.46. The van der Waals surface area contributed by atoms with Crippen LogP contribution in [0.2, 0.25) is 0 Å². The number of rotatable bonds is 2. The van der Waals surface area contributed by atoms with Crippen LogP contribution in [0.5, 0.6) is 0 Å². The Bertz CT molecular complexity index is 219. The molecule has 1 rings (SSSR count). The molecule has 0 spiro atoms. The molecule has 1 aliphatic rings. The lowest BCUT2D eigenvalue weighted by molar-refractivity contribution is -0.139. The van der Waals surface area contributed by atoms with E-state index in [1.807, 2.05) is 0 Å². The largest absolute Gasteiger partial charge is 0.480 e. The SMILES string of the molecule is CNC(=O)O[C@H]1CN[C@H](C(=O)O)C1. The lowest BCUT2D eigenvalue weighted by Gasteiger charge is -2.09. The fraction of sp³-hybridized carbons (Fsp3) is 0.714. The van der Waals surface area contributed by atoms with E-state index >= 15 is 0 Å². The quantitative estimate of drug-likeness (QED) is 0.525. The summed E-state index contributed by atoms with van der Waals surface area (Å²) in [6.07, 6.45) is -0.554. The van der Waals surface area contributed by atoms with E-state index in [9.17, 15) is 9.59 Å². The summed E-state index contributed by atoms with van der Waals surface area (Å²) >= 11 is 0. The Labute approximate surface area is 75.3 Å². The molecule has 0 unspecified atom stereocenters. The van der Waals surface area contributed by atoms with Crippen molar-refractivity contribution in [2.24, 2.45) is 0 Å². The van der Waals surface area contributed by atoms with Crippen LogP contribution in [-0.2, 0) is 9.53 Å². The minimum atomic E-state index is -0.914. The van der Waals surface area contributed by atoms with Gasteiger partial charge < -0.3 is 20.5 Å². The van der Waals surface area contributed by atoms with E-state index in [1.165, 1.54) is 7.05 Å². The van der Waals surface area contributed by atoms with E-state index in [4.69, 9.17) is 9.84 Å². The minimum absolute atomic E-state index is 0.322. The Hall–Kier alpha value is -1.30. The van der Waals surface area contributed by atoms with Gasteiger partial charge in [0.1, 0.15) is 12.1 Å². The Balaban J connectivity index is 2.33. The molecule has 0 radical (unpaired) electrons. The lowest BCUT2D eigenvalue weighted by Crippen LogP contribution is -2.30. The summed E-state index contributed by atoms with van der Waals surface area (Å²) in [5.74, 6) is -0.914. The van der Waals surface area contributed by atoms with Crippen LogP contribution in [0.25, 0.3) is 0 Å². The number of ether oxygens (including phenoxy) is 1. The molecule has 1 heterocycles. The zero-order valence-corrected chi connectivity index (χ0v) is 7.24. The van der Waals surface area contributed by atoms with Crippen LogP contribution < -0.4 is 10.6 Å². The van der Waals surface area contributed by atoms with Crippen LogP contribution >= 0.6 is 0 Å². The van der Waals surface area contributed by atoms with E-state index in [2.05, 4.69) is 10.6 Å². The summed E-state index contributed by atoms with van der Waals surface area (Å²) in [5.41, 5.74) is 0. The number of hydrogen-bond acceptors (Lipinski definition) is 4. The van der Waals surface area contributed by atoms with Crippen LogP contribution in [0.15, 0.2) is 0 Å². The van der Waals surface area contributed by atoms with Crippen molar-refractivity contribution in [2.75, 3.05) is 13.6 Å². The van der Waals surface area contributed by atoms with Crippen LogP contribution in [0.3, 0.4) is 0 Å². The van der Waals surface area contributed by atoms with Crippen molar-refractivity contribution in [3.8, 4) is 0 Å². The summed E-state index contributed by atoms with van der Waals surface area (Å²) < 4.78 is 4.86. The molecule has 0 aliphatic carbocycles. The molecule has 74 valence electrons. The summed E-state index contributed by atoms with van der Waals surface area (Å²) in [4.78, 5) is 21.2. The monoisotopic (exact) mass is 188 g/mol. The normalized spacial score (nSPS) is 26.8. The zero-order valence-electron chi connectivity index (χ0n) is 7.24. The molecular formula is C7H12N2O4. The van der Waals surface area contributed by atoms with Gasteiger partial charge >= 0.3 is 12.1 Å². The Morgan fingerprint density at radius 2 is 2.31 bits per heavy atom. The van der Waals surface area contributed by atoms with Crippen molar-refractivity contribution in [3.63, 3.8) is 0 Å². The Kier molecular flexibility index (Phi) is 3.07. The van der Waals surface area contributed by atoms with Crippen molar-refractivity contribution in [1.82, 2.24) is 10.6 Å². The molecule has 6 heteroatoms. The number of carbonyl (C=O) groups excluding carboxylic acids is 1. The van der Waals surface area contributed by atoms with Gasteiger partial charge in [-0.25, -0.2) is 4.79 Å². The van der Waals surface area contributed by atoms with Gasteiger partial charge in [0.25, 0.3) is 0 Å². The minimum Gasteiger partial charge on any atom is -0.480 e. The molecule has 3 N–H and O–H groups in total. The van der Waals surface area contributed by atoms with Gasteiger partial charge in [-0.3, -0.25) is 4.79 Å². The van der Waals surface area contributed by atoms with Gasteiger partial charge in [-0.2, -0.15) is 0 Å². The van der Waals surface area contributed by atoms with Gasteiger partial charge in [0.15, 0.2) is 0 Å². The van der Waals surface area contributed by atoms with Crippen LogP contribution in [0, 0.1) is 0 Å². The van der Waals surface area contributed by atoms with E-state index in [-0.39, 0.29) is 6.10 Å². The topological polar surface area (TPSA) is 87.7 Å². The highest BCUT2D eigenvalue weighted by atomic mass is 16.6. The smallest absolute Gasteiger partial charge is 0.407 e. The molecule has 1 fully saturated rings. The first-order valence-electron chi connectivity index (χ1n) is 3.98. The fourth-order valence-electron chi connectivity index (χ4n) is 1.19. The van der Waals surface area contributed by atoms with Crippen molar-refractivity contribution >= 4 is 12.1 Å². The molecule has 0 bridgehead atoms. The van der Waals surface area contributed by atoms with Crippen molar-refractivity contribution < 1.29 is 19.4 Å². The third-order valence-corrected chi connectivity index (χ3v) is 1.87. The maximum atomic E-state index is 10.7. The molecule has 0 aromatic rings. The van der Waals surface area contributed by atoms with Gasteiger partial charge in [-0.05, 0) is 0 Å². The van der Waals surface area contributed by atoms with Crippen molar-refractivity contribution in [2.45, 2.75) is 18.6 Å². The lowest BCUT2D eigenvalue weighted by atomic mass is 10.2. The average molecular weight is 188 g/mol. The Morgan fingerprint density at radius 1 is 1.62 bits per heavy atom. The highest BCUT2D eigenvalue weighted by molar-refractivity contribution is 5.74. The molecule has 0 aromatic heterocycles. The first kappa shape index (κ1) is 9.79. The van der Waals surface area contributed by atoms with Gasteiger partial charge in [0.2, 0.25) is 0 Å². The van der Waals surface area contributed by atoms with E-state index < -0.39 is 18.1 Å². The van der Waals surface area contributed by atoms with Gasteiger partial charge in [0.05, 0.1) is 0 Å². The fourth-order valence-corrected chi connectivity index (χ4v) is 1.19. The maximum Gasteiger partial charge on any atom is 0.407 e. The summed E-state index contributed by atoms with van der Waals surface area (Å²) in [5, 5.41) is 13.6. The standard InChI is InChI=1S/C7H12N2O4/c1-8-7(12)13-4-2-5(6(10)11)9-3-4/h4-5,9H,2-3H2,1H3,(H,8,12)(H,10,11)/t4-,5+/m1/s1. The summed E-state index contributed by atoms with van der Waals surface area (Å²) in [6, 6.07) is -0.602. The molecule has 1 aliphatic heterocycles. The second-order valence-corrected chi connectivity index (χ2v) is 2.81. The van der Waals surface area contributed by atoms with Crippen LogP contribution in [0.1, 0.15) is 6.42 Å². The number of carbonyl (C=O) groups is 2. The predicted octanol–water partition coefficient (Wildman–Crippen LogP) is -0.842. The van der Waals surface area contributed by atoms with Crippen LogP contribution in [0.4, 0.5) is 4.79 Å². The number of aliphatic carboxylic acids is 1. The van der Waals surface area contributed by atoms with Gasteiger partial charge in [0, 0.05) is 20.0 Å². The number of amides is 1. The van der Waals surface area contributed by atoms with E-state index in [0.29, 0.717) is 13.0 Å². The maximum absolute atomic E-state index is 10.7. The number of hydrogen-bond donors (Lipinski definition) is 3. The second kappa shape index (κ2) is 4.08. The molecule has 2 atom stereocenters. The highest BCUT2D eigenvalue weighted by Crippen LogP contribution is 2.10. The number of carboxylic acid groups (broad SMARTS) is 1. The third-order valence-electron chi connectivity index (χ3n) is 1.87. The second-order valence-electron chi connectivity index (χ2n) is 2.81. The number of carboxylic acids is 1. The predicted molar refractivity (Wildman–Crippen MR) is 43.4 cm³/mol. The average Bonchev–Trinajstić information content (AvgIpc) is 2.52. The molecule has 0 aromatic carbocycles. The zero-order chi connectivity index (χ0) is 9.84. The highest BCUT2D eigenvalue weighted by Gasteiger charge is 2.31. The molecule has 1 amide bonds. The van der Waals surface area contributed by atoms with Crippen molar-refractivity contribution in [3.05, 3.63) is 0 Å². The first-order valence-corrected chi connectivity index (χ1v) is 3.98. The Morgan fingerprint density at radius 3 is 2.77 bits per heavy atom. The van der Waals surface area contributed by atoms with Gasteiger partial charge in [-0.15, -0.1) is 0 Å². The van der Waals surface area contributed by atoms with Gasteiger partial charge in [-0.1, -0.05) is 0 Å². The van der Waals surface area contributed by atoms with Crippen molar-refractivity contribution in [1.29, 1.82) is 0 Å². The number of nitrogens with one attached hydrogen (secondary N) is 2. The summed E-state index contributed by atoms with van der Waals surface area (Å²) in [6.45, 7) is 0.393.